The lowest BCUT2D eigenvalue weighted by Crippen LogP contribution is -2.34. The molecule has 2 heterocycles. The second-order valence-electron chi connectivity index (χ2n) is 5.11. The number of para-hydroxylation sites is 1. The molecule has 6 heteroatoms. The van der Waals surface area contributed by atoms with Crippen molar-refractivity contribution >= 4 is 17.5 Å². The minimum atomic E-state index is -0.181. The Morgan fingerprint density at radius 2 is 2.18 bits per heavy atom. The maximum Gasteiger partial charge on any atom is 0.240 e. The van der Waals surface area contributed by atoms with Gasteiger partial charge in [-0.1, -0.05) is 29.8 Å². The molecule has 3 rings (SSSR count). The Bertz CT molecular complexity index is 757. The molecular weight excluding hydrogens is 304 g/mol. The fourth-order valence-corrected chi connectivity index (χ4v) is 2.72. The van der Waals surface area contributed by atoms with E-state index in [0.717, 1.165) is 17.7 Å². The van der Waals surface area contributed by atoms with E-state index in [1.165, 1.54) is 22.9 Å². The lowest BCUT2D eigenvalue weighted by Gasteiger charge is -2.26. The molecule has 0 radical (unpaired) electrons. The van der Waals surface area contributed by atoms with Gasteiger partial charge in [-0.05, 0) is 6.07 Å². The van der Waals surface area contributed by atoms with E-state index >= 15 is 0 Å². The molecule has 0 saturated heterocycles. The van der Waals surface area contributed by atoms with Gasteiger partial charge < -0.3 is 14.6 Å². The number of hydrogen-bond acceptors (Lipinski definition) is 3. The molecule has 0 aliphatic carbocycles. The van der Waals surface area contributed by atoms with Gasteiger partial charge in [0.25, 0.3) is 0 Å². The normalized spacial score (nSPS) is 16.5. The summed E-state index contributed by atoms with van der Waals surface area (Å²) >= 11 is 5.96. The van der Waals surface area contributed by atoms with E-state index in [1.54, 1.807) is 0 Å². The topological polar surface area (TPSA) is 60.3 Å². The van der Waals surface area contributed by atoms with Gasteiger partial charge in [-0.25, -0.2) is 0 Å². The third-order valence-electron chi connectivity index (χ3n) is 3.56. The first kappa shape index (κ1) is 14.7. The van der Waals surface area contributed by atoms with Crippen molar-refractivity contribution in [3.63, 3.8) is 0 Å². The summed E-state index contributed by atoms with van der Waals surface area (Å²) in [6, 6.07) is 10.3. The molecule has 1 amide bonds. The zero-order valence-corrected chi connectivity index (χ0v) is 12.5. The monoisotopic (exact) mass is 318 g/mol. The number of fused-ring (bicyclic) bond motifs is 1. The smallest absolute Gasteiger partial charge is 0.240 e. The fourth-order valence-electron chi connectivity index (χ4n) is 2.50. The number of ether oxygens (including phenoxy) is 1. The van der Waals surface area contributed by atoms with Crippen molar-refractivity contribution in [3.05, 3.63) is 63.5 Å². The number of pyridine rings is 1. The van der Waals surface area contributed by atoms with Crippen LogP contribution in [0.4, 0.5) is 0 Å². The van der Waals surface area contributed by atoms with Crippen LogP contribution < -0.4 is 15.5 Å². The number of rotatable bonds is 3. The van der Waals surface area contributed by atoms with E-state index in [-0.39, 0.29) is 29.1 Å². The zero-order chi connectivity index (χ0) is 15.5. The SMILES string of the molecule is O=C(Cn1ccc(=O)cc1Cl)N[C@@H]1CCOc2ccccc21. The third-order valence-corrected chi connectivity index (χ3v) is 3.89. The van der Waals surface area contributed by atoms with Crippen LogP contribution in [0.3, 0.4) is 0 Å². The summed E-state index contributed by atoms with van der Waals surface area (Å²) in [5, 5.41) is 3.23. The largest absolute Gasteiger partial charge is 0.493 e. The molecule has 1 aliphatic rings. The van der Waals surface area contributed by atoms with E-state index in [9.17, 15) is 9.59 Å². The summed E-state index contributed by atoms with van der Waals surface area (Å²) in [5.41, 5.74) is 0.799. The highest BCUT2D eigenvalue weighted by Crippen LogP contribution is 2.31. The average Bonchev–Trinajstić information content (AvgIpc) is 2.50. The van der Waals surface area contributed by atoms with Gasteiger partial charge in [0, 0.05) is 30.3 Å². The lowest BCUT2D eigenvalue weighted by molar-refractivity contribution is -0.122. The van der Waals surface area contributed by atoms with Crippen LogP contribution in [-0.2, 0) is 11.3 Å². The summed E-state index contributed by atoms with van der Waals surface area (Å²) in [5.74, 6) is 0.646. The molecule has 22 heavy (non-hydrogen) atoms. The molecule has 0 unspecified atom stereocenters. The molecule has 1 aliphatic heterocycles. The number of benzene rings is 1. The van der Waals surface area contributed by atoms with E-state index < -0.39 is 0 Å². The summed E-state index contributed by atoms with van der Waals surface area (Å²) in [6.07, 6.45) is 2.24. The first-order valence-corrected chi connectivity index (χ1v) is 7.38. The van der Waals surface area contributed by atoms with Crippen LogP contribution in [0, 0.1) is 0 Å². The van der Waals surface area contributed by atoms with E-state index in [4.69, 9.17) is 16.3 Å². The molecule has 1 N–H and O–H groups in total. The number of hydrogen-bond donors (Lipinski definition) is 1. The second kappa shape index (κ2) is 6.23. The van der Waals surface area contributed by atoms with E-state index in [0.29, 0.717) is 6.61 Å². The molecule has 2 aromatic rings. The Labute approximate surface area is 132 Å². The van der Waals surface area contributed by atoms with E-state index in [2.05, 4.69) is 5.32 Å². The number of carbonyl (C=O) groups is 1. The Morgan fingerprint density at radius 1 is 1.36 bits per heavy atom. The summed E-state index contributed by atoms with van der Waals surface area (Å²) in [6.45, 7) is 0.638. The van der Waals surface area contributed by atoms with Gasteiger partial charge in [-0.2, -0.15) is 0 Å². The van der Waals surface area contributed by atoms with Gasteiger partial charge >= 0.3 is 0 Å². The van der Waals surface area contributed by atoms with Crippen molar-refractivity contribution in [2.75, 3.05) is 6.61 Å². The van der Waals surface area contributed by atoms with Crippen molar-refractivity contribution in [1.82, 2.24) is 9.88 Å². The fraction of sp³-hybridized carbons (Fsp3) is 0.250. The maximum atomic E-state index is 12.2. The maximum absolute atomic E-state index is 12.2. The molecule has 0 spiro atoms. The number of aromatic nitrogens is 1. The Morgan fingerprint density at radius 3 is 3.00 bits per heavy atom. The Balaban J connectivity index is 1.71. The van der Waals surface area contributed by atoms with Crippen molar-refractivity contribution < 1.29 is 9.53 Å². The molecule has 1 aromatic heterocycles. The van der Waals surface area contributed by atoms with Crippen LogP contribution in [0.25, 0.3) is 0 Å². The van der Waals surface area contributed by atoms with Gasteiger partial charge in [0.1, 0.15) is 17.4 Å². The van der Waals surface area contributed by atoms with Crippen molar-refractivity contribution in [1.29, 1.82) is 0 Å². The summed E-state index contributed by atoms with van der Waals surface area (Å²) in [7, 11) is 0. The third kappa shape index (κ3) is 3.14. The van der Waals surface area contributed by atoms with Gasteiger partial charge in [0.2, 0.25) is 5.91 Å². The van der Waals surface area contributed by atoms with Crippen LogP contribution in [0.15, 0.2) is 47.4 Å². The van der Waals surface area contributed by atoms with Crippen LogP contribution in [0.5, 0.6) is 5.75 Å². The standard InChI is InChI=1S/C16H15ClN2O3/c17-15-9-11(20)5-7-19(15)10-16(21)18-13-6-8-22-14-4-2-1-3-12(13)14/h1-5,7,9,13H,6,8,10H2,(H,18,21)/t13-/m1/s1. The second-order valence-corrected chi connectivity index (χ2v) is 5.50. The summed E-state index contributed by atoms with van der Waals surface area (Å²) < 4.78 is 7.10. The van der Waals surface area contributed by atoms with Crippen LogP contribution in [0.1, 0.15) is 18.0 Å². The van der Waals surface area contributed by atoms with Crippen molar-refractivity contribution in [2.24, 2.45) is 0 Å². The van der Waals surface area contributed by atoms with Gasteiger partial charge in [-0.15, -0.1) is 0 Å². The highest BCUT2D eigenvalue weighted by atomic mass is 35.5. The first-order valence-electron chi connectivity index (χ1n) is 7.00. The number of halogens is 1. The number of nitrogens with one attached hydrogen (secondary N) is 1. The minimum absolute atomic E-state index is 0.0681. The first-order chi connectivity index (χ1) is 10.6. The predicted molar refractivity (Wildman–Crippen MR) is 83.1 cm³/mol. The average molecular weight is 319 g/mol. The van der Waals surface area contributed by atoms with Crippen molar-refractivity contribution in [2.45, 2.75) is 19.0 Å². The Kier molecular flexibility index (Phi) is 4.15. The van der Waals surface area contributed by atoms with Crippen LogP contribution in [-0.4, -0.2) is 17.1 Å². The minimum Gasteiger partial charge on any atom is -0.493 e. The van der Waals surface area contributed by atoms with Gasteiger partial charge in [0.15, 0.2) is 5.43 Å². The quantitative estimate of drug-likeness (QED) is 0.882. The molecule has 5 nitrogen and oxygen atoms in total. The molecule has 0 saturated carbocycles. The summed E-state index contributed by atoms with van der Waals surface area (Å²) in [4.78, 5) is 23.4. The number of carbonyl (C=O) groups excluding carboxylic acids is 1. The molecule has 1 aromatic carbocycles. The molecule has 1 atom stereocenters. The van der Waals surface area contributed by atoms with Crippen LogP contribution in [0.2, 0.25) is 5.15 Å². The lowest BCUT2D eigenvalue weighted by atomic mass is 10.0. The predicted octanol–water partition coefficient (Wildman–Crippen LogP) is 2.14. The Hall–Kier alpha value is -2.27. The zero-order valence-electron chi connectivity index (χ0n) is 11.8. The highest BCUT2D eigenvalue weighted by molar-refractivity contribution is 6.29. The highest BCUT2D eigenvalue weighted by Gasteiger charge is 2.22. The molecular formula is C16H15ClN2O3. The van der Waals surface area contributed by atoms with Crippen molar-refractivity contribution in [3.8, 4) is 5.75 Å². The molecule has 0 bridgehead atoms. The van der Waals surface area contributed by atoms with Gasteiger partial charge in [0.05, 0.1) is 12.6 Å². The number of amides is 1. The molecule has 0 fully saturated rings. The number of nitrogens with zero attached hydrogens (tertiary/aromatic N) is 1. The molecule has 114 valence electrons. The van der Waals surface area contributed by atoms with E-state index in [1.807, 2.05) is 24.3 Å². The van der Waals surface area contributed by atoms with Gasteiger partial charge in [-0.3, -0.25) is 9.59 Å². The van der Waals surface area contributed by atoms with Crippen LogP contribution >= 0.6 is 11.6 Å².